The summed E-state index contributed by atoms with van der Waals surface area (Å²) in [5.41, 5.74) is 1.06. The number of ether oxygens (including phenoxy) is 5. The Morgan fingerprint density at radius 2 is 1.72 bits per heavy atom. The van der Waals surface area contributed by atoms with Crippen LogP contribution < -0.4 is 18.9 Å². The number of nitrogens with zero attached hydrogens (tertiary/aromatic N) is 2. The molecule has 232 valence electrons. The molecule has 3 aliphatic rings. The number of fused-ring (bicyclic) bond motifs is 1. The van der Waals surface area contributed by atoms with E-state index in [0.29, 0.717) is 92.6 Å². The molecule has 0 aliphatic carbocycles. The smallest absolute Gasteiger partial charge is 0.295 e. The van der Waals surface area contributed by atoms with E-state index in [2.05, 4.69) is 18.7 Å². The second-order valence-electron chi connectivity index (χ2n) is 11.3. The van der Waals surface area contributed by atoms with Gasteiger partial charge < -0.3 is 33.7 Å². The van der Waals surface area contributed by atoms with Crippen LogP contribution in [0.4, 0.5) is 0 Å². The minimum absolute atomic E-state index is 0.0315. The zero-order valence-electron chi connectivity index (χ0n) is 25.3. The highest BCUT2D eigenvalue weighted by atomic mass is 16.6. The van der Waals surface area contributed by atoms with Crippen molar-refractivity contribution in [2.75, 3.05) is 65.8 Å². The maximum Gasteiger partial charge on any atom is 0.295 e. The van der Waals surface area contributed by atoms with Crippen LogP contribution in [0, 0.1) is 5.92 Å². The summed E-state index contributed by atoms with van der Waals surface area (Å²) in [5, 5.41) is 11.6. The molecule has 1 amide bonds. The molecular formula is C33H42N2O8. The fourth-order valence-corrected chi connectivity index (χ4v) is 5.58. The predicted molar refractivity (Wildman–Crippen MR) is 161 cm³/mol. The van der Waals surface area contributed by atoms with Crippen molar-refractivity contribution in [1.29, 1.82) is 0 Å². The molecule has 5 rings (SSSR count). The number of morpholine rings is 1. The van der Waals surface area contributed by atoms with E-state index >= 15 is 0 Å². The molecule has 3 heterocycles. The Hall–Kier alpha value is -3.76. The lowest BCUT2D eigenvalue weighted by molar-refractivity contribution is -0.140. The molecule has 2 aromatic rings. The third-order valence-electron chi connectivity index (χ3n) is 7.87. The minimum atomic E-state index is -0.804. The molecule has 1 unspecified atom stereocenters. The summed E-state index contributed by atoms with van der Waals surface area (Å²) in [6.07, 6.45) is 1.56. The van der Waals surface area contributed by atoms with Crippen molar-refractivity contribution in [3.8, 4) is 23.0 Å². The van der Waals surface area contributed by atoms with E-state index in [1.807, 2.05) is 25.1 Å². The summed E-state index contributed by atoms with van der Waals surface area (Å²) in [4.78, 5) is 31.0. The van der Waals surface area contributed by atoms with Gasteiger partial charge in [-0.05, 0) is 61.6 Å². The summed E-state index contributed by atoms with van der Waals surface area (Å²) in [7, 11) is 0. The second-order valence-corrected chi connectivity index (χ2v) is 11.3. The van der Waals surface area contributed by atoms with Crippen LogP contribution >= 0.6 is 0 Å². The van der Waals surface area contributed by atoms with Gasteiger partial charge in [0.25, 0.3) is 11.7 Å². The summed E-state index contributed by atoms with van der Waals surface area (Å²) >= 11 is 0. The van der Waals surface area contributed by atoms with Crippen molar-refractivity contribution >= 4 is 17.4 Å². The Morgan fingerprint density at radius 1 is 0.953 bits per heavy atom. The summed E-state index contributed by atoms with van der Waals surface area (Å²) in [6, 6.07) is 9.69. The Morgan fingerprint density at radius 3 is 2.47 bits per heavy atom. The molecule has 0 spiro atoms. The third kappa shape index (κ3) is 7.08. The van der Waals surface area contributed by atoms with E-state index in [9.17, 15) is 14.7 Å². The molecule has 0 aromatic heterocycles. The molecule has 2 saturated heterocycles. The largest absolute Gasteiger partial charge is 0.507 e. The average molecular weight is 595 g/mol. The van der Waals surface area contributed by atoms with Crippen LogP contribution in [0.3, 0.4) is 0 Å². The monoisotopic (exact) mass is 594 g/mol. The van der Waals surface area contributed by atoms with Gasteiger partial charge in [0.15, 0.2) is 23.0 Å². The molecule has 0 radical (unpaired) electrons. The van der Waals surface area contributed by atoms with Gasteiger partial charge in [0.1, 0.15) is 19.0 Å². The predicted octanol–water partition coefficient (Wildman–Crippen LogP) is 4.43. The van der Waals surface area contributed by atoms with Crippen LogP contribution in [0.5, 0.6) is 23.0 Å². The summed E-state index contributed by atoms with van der Waals surface area (Å²) in [6.45, 7) is 12.1. The molecule has 3 aliphatic heterocycles. The Labute approximate surface area is 253 Å². The molecule has 43 heavy (non-hydrogen) atoms. The number of Topliss-reactive ketones (excluding diaryl/α,β-unsaturated/α-hetero) is 1. The molecule has 10 heteroatoms. The number of hydrogen-bond acceptors (Lipinski definition) is 9. The summed E-state index contributed by atoms with van der Waals surface area (Å²) in [5.74, 6) is 1.05. The summed E-state index contributed by atoms with van der Waals surface area (Å²) < 4.78 is 28.8. The first-order chi connectivity index (χ1) is 20.9. The first-order valence-corrected chi connectivity index (χ1v) is 15.3. The highest BCUT2D eigenvalue weighted by Gasteiger charge is 2.46. The number of benzene rings is 2. The molecular weight excluding hydrogens is 552 g/mol. The quantitative estimate of drug-likeness (QED) is 0.217. The molecule has 2 aromatic carbocycles. The fraction of sp³-hybridized carbons (Fsp3) is 0.515. The molecule has 10 nitrogen and oxygen atoms in total. The van der Waals surface area contributed by atoms with Crippen LogP contribution in [0.1, 0.15) is 50.8 Å². The van der Waals surface area contributed by atoms with E-state index < -0.39 is 17.7 Å². The maximum absolute atomic E-state index is 13.6. The number of rotatable bonds is 12. The molecule has 0 bridgehead atoms. The van der Waals surface area contributed by atoms with Crippen molar-refractivity contribution < 1.29 is 38.4 Å². The van der Waals surface area contributed by atoms with Gasteiger partial charge in [0, 0.05) is 31.7 Å². The SMILES string of the molecule is CCOc1cc(C2/C(=C(/O)c3ccc4c(c3)OCCO4)C(=O)C(=O)N2CCCN2CCOCC2)ccc1OCCC(C)C. The average Bonchev–Trinajstić information content (AvgIpc) is 3.26. The van der Waals surface area contributed by atoms with Gasteiger partial charge in [-0.25, -0.2) is 0 Å². The van der Waals surface area contributed by atoms with Gasteiger partial charge in [-0.15, -0.1) is 0 Å². The highest BCUT2D eigenvalue weighted by molar-refractivity contribution is 6.46. The Kier molecular flexibility index (Phi) is 10.1. The number of ketones is 1. The van der Waals surface area contributed by atoms with Crippen molar-refractivity contribution in [3.05, 3.63) is 53.1 Å². The molecule has 2 fully saturated rings. The Bertz CT molecular complexity index is 1330. The van der Waals surface area contributed by atoms with E-state index in [1.165, 1.54) is 0 Å². The first kappa shape index (κ1) is 30.7. The van der Waals surface area contributed by atoms with Crippen LogP contribution in [-0.2, 0) is 14.3 Å². The van der Waals surface area contributed by atoms with Gasteiger partial charge in [-0.2, -0.15) is 0 Å². The van der Waals surface area contributed by atoms with Gasteiger partial charge in [-0.3, -0.25) is 14.5 Å². The van der Waals surface area contributed by atoms with Crippen molar-refractivity contribution in [3.63, 3.8) is 0 Å². The van der Waals surface area contributed by atoms with Gasteiger partial charge in [0.2, 0.25) is 0 Å². The third-order valence-corrected chi connectivity index (χ3v) is 7.87. The van der Waals surface area contributed by atoms with Crippen molar-refractivity contribution in [2.45, 2.75) is 39.7 Å². The molecule has 1 N–H and O–H groups in total. The van der Waals surface area contributed by atoms with Crippen molar-refractivity contribution in [2.24, 2.45) is 5.92 Å². The van der Waals surface area contributed by atoms with Gasteiger partial charge in [0.05, 0.1) is 38.0 Å². The number of hydrogen-bond donors (Lipinski definition) is 1. The number of carbonyl (C=O) groups is 2. The van der Waals surface area contributed by atoms with Crippen LogP contribution in [0.25, 0.3) is 5.76 Å². The molecule has 0 saturated carbocycles. The molecule has 1 atom stereocenters. The minimum Gasteiger partial charge on any atom is -0.507 e. The van der Waals surface area contributed by atoms with Gasteiger partial charge >= 0.3 is 0 Å². The number of aliphatic hydroxyl groups excluding tert-OH is 1. The maximum atomic E-state index is 13.6. The first-order valence-electron chi connectivity index (χ1n) is 15.3. The fourth-order valence-electron chi connectivity index (χ4n) is 5.58. The van der Waals surface area contributed by atoms with Crippen LogP contribution in [0.2, 0.25) is 0 Å². The van der Waals surface area contributed by atoms with E-state index in [1.54, 1.807) is 23.1 Å². The lowest BCUT2D eigenvalue weighted by atomic mass is 9.94. The number of aliphatic hydroxyl groups is 1. The zero-order chi connectivity index (χ0) is 30.3. The zero-order valence-corrected chi connectivity index (χ0v) is 25.3. The normalized spacial score (nSPS) is 20.1. The van der Waals surface area contributed by atoms with E-state index in [4.69, 9.17) is 23.7 Å². The van der Waals surface area contributed by atoms with Crippen LogP contribution in [0.15, 0.2) is 42.0 Å². The second kappa shape index (κ2) is 14.1. The lowest BCUT2D eigenvalue weighted by Crippen LogP contribution is -2.39. The lowest BCUT2D eigenvalue weighted by Gasteiger charge is -2.29. The number of amides is 1. The number of likely N-dealkylation sites (tertiary alicyclic amines) is 1. The highest BCUT2D eigenvalue weighted by Crippen LogP contribution is 2.43. The Balaban J connectivity index is 1.50. The standard InChI is InChI=1S/C33H42N2O8/c1-4-40-27-20-23(6-8-25(27)41-15-10-22(2)3)30-29(31(36)24-7-9-26-28(21-24)43-19-18-42-26)32(37)33(38)35(30)12-5-11-34-13-16-39-17-14-34/h6-9,20-22,30,36H,4-5,10-19H2,1-3H3/b31-29-. The number of carbonyl (C=O) groups excluding carboxylic acids is 2. The van der Waals surface area contributed by atoms with E-state index in [0.717, 1.165) is 26.1 Å². The van der Waals surface area contributed by atoms with Gasteiger partial charge in [-0.1, -0.05) is 19.9 Å². The van der Waals surface area contributed by atoms with Crippen LogP contribution in [-0.4, -0.2) is 92.4 Å². The van der Waals surface area contributed by atoms with Crippen molar-refractivity contribution in [1.82, 2.24) is 9.80 Å². The topological polar surface area (TPSA) is 107 Å². The van der Waals surface area contributed by atoms with E-state index in [-0.39, 0.29) is 11.3 Å².